The standard InChI is InChI=1S/C31H43F3O2/c1-27(35)18-19-29(3)23(20-27)11-13-24-25-14-12-21(28(25,2)17-15-26(24)29)10-7-16-30(36,31(32,33)34)22-8-5-4-6-9-22/h4-6,8-9,11,21,24-26,35-36H,7,10,12-20H2,1-3H3/t21-,24?,25?,26?,27-,28?,29?,30?/m0/s1. The molecule has 1 aromatic rings. The molecule has 3 fully saturated rings. The number of aliphatic hydroxyl groups is 2. The van der Waals surface area contributed by atoms with Crippen molar-refractivity contribution in [1.82, 2.24) is 0 Å². The van der Waals surface area contributed by atoms with Crippen LogP contribution in [-0.2, 0) is 5.60 Å². The highest BCUT2D eigenvalue weighted by molar-refractivity contribution is 5.27. The fraction of sp³-hybridized carbons (Fsp3) is 0.742. The first-order valence-electron chi connectivity index (χ1n) is 14.1. The van der Waals surface area contributed by atoms with Crippen LogP contribution in [0, 0.1) is 34.5 Å². The second kappa shape index (κ2) is 8.86. The van der Waals surface area contributed by atoms with Crippen molar-refractivity contribution < 1.29 is 23.4 Å². The van der Waals surface area contributed by atoms with Gasteiger partial charge in [-0.3, -0.25) is 0 Å². The second-order valence-corrected chi connectivity index (χ2v) is 13.4. The molecule has 0 aliphatic heterocycles. The third kappa shape index (κ3) is 4.17. The Hall–Kier alpha value is -1.33. The van der Waals surface area contributed by atoms with Crippen LogP contribution in [0.2, 0.25) is 0 Å². The lowest BCUT2D eigenvalue weighted by atomic mass is 9.46. The maximum absolute atomic E-state index is 14.0. The summed E-state index contributed by atoms with van der Waals surface area (Å²) < 4.78 is 41.9. The molecule has 4 aliphatic rings. The van der Waals surface area contributed by atoms with Gasteiger partial charge >= 0.3 is 6.18 Å². The van der Waals surface area contributed by atoms with Crippen LogP contribution in [0.15, 0.2) is 42.0 Å². The zero-order chi connectivity index (χ0) is 26.0. The van der Waals surface area contributed by atoms with E-state index in [9.17, 15) is 23.4 Å². The lowest BCUT2D eigenvalue weighted by molar-refractivity contribution is -0.269. The molecule has 0 spiro atoms. The van der Waals surface area contributed by atoms with Gasteiger partial charge in [0.25, 0.3) is 0 Å². The Morgan fingerprint density at radius 3 is 2.36 bits per heavy atom. The maximum atomic E-state index is 14.0. The van der Waals surface area contributed by atoms with E-state index < -0.39 is 17.4 Å². The largest absolute Gasteiger partial charge is 0.421 e. The SMILES string of the molecule is CC12CC[C@](C)(O)CC1=CCC1C2CCC2(C)C1CC[C@@H]2CCCC(O)(c1ccccc1)C(F)(F)F. The minimum atomic E-state index is -4.69. The van der Waals surface area contributed by atoms with E-state index in [0.717, 1.165) is 44.9 Å². The highest BCUT2D eigenvalue weighted by Crippen LogP contribution is 2.67. The van der Waals surface area contributed by atoms with Gasteiger partial charge in [-0.25, -0.2) is 0 Å². The van der Waals surface area contributed by atoms with Gasteiger partial charge in [0.05, 0.1) is 5.60 Å². The number of hydrogen-bond donors (Lipinski definition) is 2. The molecule has 200 valence electrons. The van der Waals surface area contributed by atoms with Gasteiger partial charge < -0.3 is 10.2 Å². The summed E-state index contributed by atoms with van der Waals surface area (Å²) in [7, 11) is 0. The molecule has 0 bridgehead atoms. The average Bonchev–Trinajstić information content (AvgIpc) is 3.15. The van der Waals surface area contributed by atoms with Crippen molar-refractivity contribution in [3.05, 3.63) is 47.5 Å². The normalized spacial score (nSPS) is 42.1. The van der Waals surface area contributed by atoms with Crippen molar-refractivity contribution in [3.8, 4) is 0 Å². The van der Waals surface area contributed by atoms with Crippen LogP contribution in [0.1, 0.15) is 97.0 Å². The molecule has 5 rings (SSSR count). The molecule has 1 aromatic carbocycles. The monoisotopic (exact) mass is 504 g/mol. The molecule has 6 unspecified atom stereocenters. The number of alkyl halides is 3. The van der Waals surface area contributed by atoms with Crippen LogP contribution in [0.5, 0.6) is 0 Å². The fourth-order valence-corrected chi connectivity index (χ4v) is 9.16. The van der Waals surface area contributed by atoms with Gasteiger partial charge in [0.1, 0.15) is 0 Å². The molecule has 3 saturated carbocycles. The van der Waals surface area contributed by atoms with Crippen LogP contribution in [-0.4, -0.2) is 22.0 Å². The van der Waals surface area contributed by atoms with Gasteiger partial charge in [-0.2, -0.15) is 13.2 Å². The third-order valence-electron chi connectivity index (χ3n) is 11.4. The van der Waals surface area contributed by atoms with E-state index in [1.54, 1.807) is 18.2 Å². The summed E-state index contributed by atoms with van der Waals surface area (Å²) >= 11 is 0. The molecule has 4 aliphatic carbocycles. The van der Waals surface area contributed by atoms with Crippen molar-refractivity contribution in [2.75, 3.05) is 0 Å². The first-order valence-corrected chi connectivity index (χ1v) is 14.1. The van der Waals surface area contributed by atoms with Crippen molar-refractivity contribution in [2.45, 2.75) is 109 Å². The number of fused-ring (bicyclic) bond motifs is 5. The van der Waals surface area contributed by atoms with Crippen LogP contribution < -0.4 is 0 Å². The molecular weight excluding hydrogens is 461 g/mol. The lowest BCUT2D eigenvalue weighted by Crippen LogP contribution is -2.51. The van der Waals surface area contributed by atoms with E-state index in [2.05, 4.69) is 19.9 Å². The van der Waals surface area contributed by atoms with E-state index in [1.807, 2.05) is 6.92 Å². The number of halogens is 3. The minimum absolute atomic E-state index is 0.0574. The fourth-order valence-electron chi connectivity index (χ4n) is 9.16. The van der Waals surface area contributed by atoms with Crippen LogP contribution in [0.4, 0.5) is 13.2 Å². The van der Waals surface area contributed by atoms with E-state index >= 15 is 0 Å². The molecule has 0 amide bonds. The van der Waals surface area contributed by atoms with Gasteiger partial charge in [-0.05, 0) is 118 Å². The van der Waals surface area contributed by atoms with Crippen LogP contribution in [0.25, 0.3) is 0 Å². The predicted molar refractivity (Wildman–Crippen MR) is 136 cm³/mol. The topological polar surface area (TPSA) is 40.5 Å². The van der Waals surface area contributed by atoms with E-state index in [0.29, 0.717) is 30.1 Å². The van der Waals surface area contributed by atoms with Crippen molar-refractivity contribution in [2.24, 2.45) is 34.5 Å². The first kappa shape index (κ1) is 26.3. The molecule has 0 saturated heterocycles. The summed E-state index contributed by atoms with van der Waals surface area (Å²) in [5.74, 6) is 2.33. The summed E-state index contributed by atoms with van der Waals surface area (Å²) in [4.78, 5) is 0. The molecule has 2 nitrogen and oxygen atoms in total. The van der Waals surface area contributed by atoms with Gasteiger partial charge in [0.15, 0.2) is 5.60 Å². The zero-order valence-corrected chi connectivity index (χ0v) is 22.1. The van der Waals surface area contributed by atoms with E-state index in [1.165, 1.54) is 30.5 Å². The van der Waals surface area contributed by atoms with Gasteiger partial charge in [0.2, 0.25) is 0 Å². The Labute approximate surface area is 214 Å². The molecule has 8 atom stereocenters. The molecule has 0 aromatic heterocycles. The third-order valence-corrected chi connectivity index (χ3v) is 11.4. The summed E-state index contributed by atoms with van der Waals surface area (Å²) in [5, 5.41) is 21.5. The average molecular weight is 505 g/mol. The van der Waals surface area contributed by atoms with Gasteiger partial charge in [-0.1, -0.05) is 55.8 Å². The zero-order valence-electron chi connectivity index (χ0n) is 22.1. The van der Waals surface area contributed by atoms with Gasteiger partial charge in [-0.15, -0.1) is 0 Å². The van der Waals surface area contributed by atoms with E-state index in [-0.39, 0.29) is 22.8 Å². The first-order chi connectivity index (χ1) is 16.8. The number of benzene rings is 1. The molecule has 0 radical (unpaired) electrons. The van der Waals surface area contributed by atoms with Crippen LogP contribution >= 0.6 is 0 Å². The number of rotatable bonds is 5. The minimum Gasteiger partial charge on any atom is -0.390 e. The Morgan fingerprint density at radius 1 is 0.944 bits per heavy atom. The summed E-state index contributed by atoms with van der Waals surface area (Å²) in [5.41, 5.74) is -1.61. The molecule has 36 heavy (non-hydrogen) atoms. The van der Waals surface area contributed by atoms with Gasteiger partial charge in [0, 0.05) is 0 Å². The molecule has 5 heteroatoms. The Balaban J connectivity index is 1.28. The van der Waals surface area contributed by atoms with Crippen molar-refractivity contribution in [3.63, 3.8) is 0 Å². The summed E-state index contributed by atoms with van der Waals surface area (Å²) in [6, 6.07) is 7.57. The molecule has 2 N–H and O–H groups in total. The second-order valence-electron chi connectivity index (χ2n) is 13.4. The summed E-state index contributed by atoms with van der Waals surface area (Å²) in [6.07, 6.45) is 6.95. The quantitative estimate of drug-likeness (QED) is 0.400. The van der Waals surface area contributed by atoms with Crippen LogP contribution in [0.3, 0.4) is 0 Å². The number of allylic oxidation sites excluding steroid dienone is 1. The number of hydrogen-bond acceptors (Lipinski definition) is 2. The Kier molecular flexibility index (Phi) is 6.47. The van der Waals surface area contributed by atoms with E-state index in [4.69, 9.17) is 0 Å². The maximum Gasteiger partial charge on any atom is 0.421 e. The smallest absolute Gasteiger partial charge is 0.390 e. The lowest BCUT2D eigenvalue weighted by Gasteiger charge is -2.59. The highest BCUT2D eigenvalue weighted by atomic mass is 19.4. The Bertz CT molecular complexity index is 985. The van der Waals surface area contributed by atoms with Crippen molar-refractivity contribution >= 4 is 0 Å². The highest BCUT2D eigenvalue weighted by Gasteiger charge is 2.59. The predicted octanol–water partition coefficient (Wildman–Crippen LogP) is 7.94. The summed E-state index contributed by atoms with van der Waals surface area (Å²) in [6.45, 7) is 6.81. The Morgan fingerprint density at radius 2 is 1.67 bits per heavy atom. The molecular formula is C31H43F3O2. The molecule has 0 heterocycles. The van der Waals surface area contributed by atoms with Crippen molar-refractivity contribution in [1.29, 1.82) is 0 Å².